The molecule has 3 nitrogen and oxygen atoms in total. The van der Waals surface area contributed by atoms with Crippen LogP contribution in [0, 0.1) is 46.3 Å². The van der Waals surface area contributed by atoms with Gasteiger partial charge in [0, 0.05) is 6.42 Å². The van der Waals surface area contributed by atoms with Gasteiger partial charge in [-0.3, -0.25) is 0 Å². The Morgan fingerprint density at radius 2 is 1.87 bits per heavy atom. The Bertz CT molecular complexity index is 696. The van der Waals surface area contributed by atoms with E-state index in [1.54, 1.807) is 0 Å². The van der Waals surface area contributed by atoms with Crippen molar-refractivity contribution < 1.29 is 14.6 Å². The summed E-state index contributed by atoms with van der Waals surface area (Å²) in [5.74, 6) is 5.09. The molecule has 0 aromatic carbocycles. The lowest BCUT2D eigenvalue weighted by Crippen LogP contribution is -2.51. The van der Waals surface area contributed by atoms with Crippen molar-refractivity contribution in [2.75, 3.05) is 0 Å². The molecule has 5 unspecified atom stereocenters. The molecule has 4 aliphatic rings. The van der Waals surface area contributed by atoms with Crippen molar-refractivity contribution in [2.45, 2.75) is 111 Å². The minimum Gasteiger partial charge on any atom is -0.450 e. The highest BCUT2D eigenvalue weighted by Crippen LogP contribution is 2.67. The SMILES string of the molecule is CC(C)CCCC(C)C1CCC2C3CC=C4C[C@@H](OC(=O)O)CC[C@]4(C)C3CC[C@]12C. The van der Waals surface area contributed by atoms with Crippen molar-refractivity contribution in [1.82, 2.24) is 0 Å². The van der Waals surface area contributed by atoms with E-state index in [-0.39, 0.29) is 11.5 Å². The Hall–Kier alpha value is -0.990. The van der Waals surface area contributed by atoms with Gasteiger partial charge < -0.3 is 9.84 Å². The molecule has 8 atom stereocenters. The summed E-state index contributed by atoms with van der Waals surface area (Å²) in [6, 6.07) is 0. The van der Waals surface area contributed by atoms with Crippen LogP contribution in [0.4, 0.5) is 4.79 Å². The van der Waals surface area contributed by atoms with Crippen molar-refractivity contribution in [3.05, 3.63) is 11.6 Å². The second kappa shape index (κ2) is 8.75. The van der Waals surface area contributed by atoms with E-state index in [1.807, 2.05) is 0 Å². The first-order valence-electron chi connectivity index (χ1n) is 13.2. The zero-order valence-corrected chi connectivity index (χ0v) is 20.7. The summed E-state index contributed by atoms with van der Waals surface area (Å²) in [7, 11) is 0. The first-order chi connectivity index (χ1) is 14.6. The van der Waals surface area contributed by atoms with Gasteiger partial charge in [-0.15, -0.1) is 0 Å². The molecular weight excluding hydrogens is 384 g/mol. The minimum atomic E-state index is -1.11. The molecule has 0 aliphatic heterocycles. The van der Waals surface area contributed by atoms with Gasteiger partial charge in [-0.2, -0.15) is 0 Å². The van der Waals surface area contributed by atoms with Crippen LogP contribution >= 0.6 is 0 Å². The monoisotopic (exact) mass is 430 g/mol. The van der Waals surface area contributed by atoms with E-state index in [0.29, 0.717) is 5.41 Å². The van der Waals surface area contributed by atoms with Crippen LogP contribution in [0.25, 0.3) is 0 Å². The molecule has 0 aromatic rings. The highest BCUT2D eigenvalue weighted by molar-refractivity contribution is 5.57. The smallest absolute Gasteiger partial charge is 0.450 e. The van der Waals surface area contributed by atoms with Crippen LogP contribution in [0.3, 0.4) is 0 Å². The molecule has 0 spiro atoms. The maximum atomic E-state index is 11.0. The summed E-state index contributed by atoms with van der Waals surface area (Å²) in [6.07, 6.45) is 15.1. The van der Waals surface area contributed by atoms with Crippen LogP contribution in [0.15, 0.2) is 11.6 Å². The number of hydrogen-bond donors (Lipinski definition) is 1. The molecule has 0 saturated heterocycles. The van der Waals surface area contributed by atoms with Crippen LogP contribution in [0.1, 0.15) is 105 Å². The molecule has 176 valence electrons. The zero-order chi connectivity index (χ0) is 22.4. The van der Waals surface area contributed by atoms with Gasteiger partial charge in [0.1, 0.15) is 6.10 Å². The fourth-order valence-corrected chi connectivity index (χ4v) is 8.90. The molecule has 0 aromatic heterocycles. The summed E-state index contributed by atoms with van der Waals surface area (Å²) in [4.78, 5) is 11.0. The van der Waals surface area contributed by atoms with Gasteiger partial charge >= 0.3 is 6.16 Å². The Morgan fingerprint density at radius 3 is 2.58 bits per heavy atom. The molecule has 4 rings (SSSR count). The number of rotatable bonds is 6. The standard InChI is InChI=1S/C28H46O3/c1-18(2)7-6-8-19(3)23-11-12-24-22-10-9-20-17-21(31-26(29)30)13-15-27(20,4)25(22)14-16-28(23,24)5/h9,18-19,21-25H,6-8,10-17H2,1-5H3,(H,29,30)/t19?,21-,22?,23?,24?,25?,27-,28+/m0/s1. The van der Waals surface area contributed by atoms with Gasteiger partial charge in [0.05, 0.1) is 0 Å². The Balaban J connectivity index is 1.47. The number of carboxylic acid groups (broad SMARTS) is 1. The maximum absolute atomic E-state index is 11.0. The van der Waals surface area contributed by atoms with Crippen molar-refractivity contribution in [3.8, 4) is 0 Å². The van der Waals surface area contributed by atoms with Crippen LogP contribution in [-0.4, -0.2) is 17.4 Å². The van der Waals surface area contributed by atoms with Crippen molar-refractivity contribution in [1.29, 1.82) is 0 Å². The molecule has 3 fully saturated rings. The van der Waals surface area contributed by atoms with E-state index in [4.69, 9.17) is 9.84 Å². The molecule has 0 amide bonds. The third-order valence-corrected chi connectivity index (χ3v) is 10.5. The van der Waals surface area contributed by atoms with E-state index in [2.05, 4.69) is 40.7 Å². The molecule has 4 aliphatic carbocycles. The second-order valence-electron chi connectivity index (χ2n) is 12.5. The summed E-state index contributed by atoms with van der Waals surface area (Å²) in [5, 5.41) is 9.05. The van der Waals surface area contributed by atoms with Crippen LogP contribution < -0.4 is 0 Å². The van der Waals surface area contributed by atoms with Gasteiger partial charge in [-0.1, -0.05) is 65.5 Å². The summed E-state index contributed by atoms with van der Waals surface area (Å²) < 4.78 is 5.17. The predicted molar refractivity (Wildman–Crippen MR) is 126 cm³/mol. The third kappa shape index (κ3) is 4.20. The average Bonchev–Trinajstić information content (AvgIpc) is 3.05. The topological polar surface area (TPSA) is 46.5 Å². The van der Waals surface area contributed by atoms with E-state index in [9.17, 15) is 4.79 Å². The number of allylic oxidation sites excluding steroid dienone is 1. The zero-order valence-electron chi connectivity index (χ0n) is 20.7. The van der Waals surface area contributed by atoms with Gasteiger partial charge in [0.2, 0.25) is 0 Å². The van der Waals surface area contributed by atoms with Gasteiger partial charge in [0.25, 0.3) is 0 Å². The summed E-state index contributed by atoms with van der Waals surface area (Å²) >= 11 is 0. The fourth-order valence-electron chi connectivity index (χ4n) is 8.90. The van der Waals surface area contributed by atoms with Crippen LogP contribution in [0.2, 0.25) is 0 Å². The molecule has 31 heavy (non-hydrogen) atoms. The lowest BCUT2D eigenvalue weighted by molar-refractivity contribution is -0.0601. The summed E-state index contributed by atoms with van der Waals surface area (Å²) in [5.41, 5.74) is 2.30. The minimum absolute atomic E-state index is 0.134. The molecule has 3 saturated carbocycles. The molecule has 1 N–H and O–H groups in total. The number of hydrogen-bond acceptors (Lipinski definition) is 2. The highest BCUT2D eigenvalue weighted by atomic mass is 16.7. The van der Waals surface area contributed by atoms with Gasteiger partial charge in [0.15, 0.2) is 0 Å². The van der Waals surface area contributed by atoms with Crippen molar-refractivity contribution in [2.24, 2.45) is 46.3 Å². The summed E-state index contributed by atoms with van der Waals surface area (Å²) in [6.45, 7) is 12.4. The Kier molecular flexibility index (Phi) is 6.54. The highest BCUT2D eigenvalue weighted by Gasteiger charge is 2.59. The number of carbonyl (C=O) groups is 1. The van der Waals surface area contributed by atoms with Crippen LogP contribution in [0.5, 0.6) is 0 Å². The molecular formula is C28H46O3. The quantitative estimate of drug-likeness (QED) is 0.342. The fraction of sp³-hybridized carbons (Fsp3) is 0.893. The van der Waals surface area contributed by atoms with E-state index in [0.717, 1.165) is 54.8 Å². The first kappa shape index (κ1) is 23.2. The molecule has 0 heterocycles. The van der Waals surface area contributed by atoms with E-state index < -0.39 is 6.16 Å². The lowest BCUT2D eigenvalue weighted by atomic mass is 9.47. The predicted octanol–water partition coefficient (Wildman–Crippen LogP) is 8.09. The van der Waals surface area contributed by atoms with E-state index in [1.165, 1.54) is 56.9 Å². The first-order valence-corrected chi connectivity index (χ1v) is 13.2. The van der Waals surface area contributed by atoms with E-state index >= 15 is 0 Å². The number of ether oxygens (including phenoxy) is 1. The molecule has 0 bridgehead atoms. The largest absolute Gasteiger partial charge is 0.506 e. The Morgan fingerprint density at radius 1 is 1.10 bits per heavy atom. The number of fused-ring (bicyclic) bond motifs is 5. The maximum Gasteiger partial charge on any atom is 0.506 e. The van der Waals surface area contributed by atoms with Gasteiger partial charge in [-0.25, -0.2) is 4.79 Å². The van der Waals surface area contributed by atoms with Crippen LogP contribution in [-0.2, 0) is 4.74 Å². The van der Waals surface area contributed by atoms with Gasteiger partial charge in [-0.05, 0) is 91.3 Å². The second-order valence-corrected chi connectivity index (χ2v) is 12.5. The normalized spacial score (nSPS) is 42.9. The third-order valence-electron chi connectivity index (χ3n) is 10.5. The molecule has 3 heteroatoms. The van der Waals surface area contributed by atoms with Crippen molar-refractivity contribution in [3.63, 3.8) is 0 Å². The molecule has 0 radical (unpaired) electrons. The Labute approximate surface area is 190 Å². The van der Waals surface area contributed by atoms with Crippen molar-refractivity contribution >= 4 is 6.16 Å². The lowest BCUT2D eigenvalue weighted by Gasteiger charge is -2.58. The average molecular weight is 431 g/mol.